The molecule has 1 aliphatic carbocycles. The van der Waals surface area contributed by atoms with Crippen LogP contribution < -0.4 is 0 Å². The fourth-order valence-electron chi connectivity index (χ4n) is 1.96. The Kier molecular flexibility index (Phi) is 10.6. The summed E-state index contributed by atoms with van der Waals surface area (Å²) < 4.78 is 20.7. The topological polar surface area (TPSA) is 57.2 Å². The van der Waals surface area contributed by atoms with E-state index in [9.17, 15) is 4.79 Å². The van der Waals surface area contributed by atoms with E-state index in [1.807, 2.05) is 18.2 Å². The average Bonchev–Trinajstić information content (AvgIpc) is 3.06. The van der Waals surface area contributed by atoms with Crippen molar-refractivity contribution in [3.8, 4) is 0 Å². The first-order chi connectivity index (χ1) is 10.8. The Bertz CT molecular complexity index is 354. The van der Waals surface area contributed by atoms with Crippen molar-refractivity contribution in [1.29, 1.82) is 0 Å². The van der Waals surface area contributed by atoms with Crippen molar-refractivity contribution in [2.75, 3.05) is 67.0 Å². The molecule has 0 N–H and O–H groups in total. The first-order valence-electron chi connectivity index (χ1n) is 7.58. The lowest BCUT2D eigenvalue weighted by Gasteiger charge is -2.23. The molecule has 0 heterocycles. The fourth-order valence-corrected chi connectivity index (χ4v) is 1.96. The van der Waals surface area contributed by atoms with Crippen molar-refractivity contribution in [2.45, 2.75) is 6.42 Å². The monoisotopic (exact) mass is 313 g/mol. The lowest BCUT2D eigenvalue weighted by atomic mass is 10.2. The summed E-state index contributed by atoms with van der Waals surface area (Å²) in [5.41, 5.74) is 0.814. The number of hydrogen-bond donors (Lipinski definition) is 0. The van der Waals surface area contributed by atoms with Crippen LogP contribution in [0.2, 0.25) is 0 Å². The molecule has 0 aromatic heterocycles. The predicted molar refractivity (Wildman–Crippen MR) is 83.8 cm³/mol. The molecule has 0 aromatic carbocycles. The molecule has 6 nitrogen and oxygen atoms in total. The summed E-state index contributed by atoms with van der Waals surface area (Å²) in [7, 11) is 3.27. The van der Waals surface area contributed by atoms with Crippen LogP contribution in [0.5, 0.6) is 0 Å². The van der Waals surface area contributed by atoms with Crippen LogP contribution in [-0.2, 0) is 23.7 Å². The second-order valence-electron chi connectivity index (χ2n) is 4.83. The predicted octanol–water partition coefficient (Wildman–Crippen LogP) is 1.03. The molecule has 0 unspecified atom stereocenters. The van der Waals surface area contributed by atoms with Crippen LogP contribution in [0.4, 0.5) is 0 Å². The van der Waals surface area contributed by atoms with Gasteiger partial charge in [0.15, 0.2) is 0 Å². The molecule has 0 saturated heterocycles. The van der Waals surface area contributed by atoms with Crippen LogP contribution in [0.3, 0.4) is 0 Å². The highest BCUT2D eigenvalue weighted by molar-refractivity contribution is 5.94. The van der Waals surface area contributed by atoms with Gasteiger partial charge in [0.2, 0.25) is 5.91 Å². The third-order valence-electron chi connectivity index (χ3n) is 3.21. The molecule has 0 aliphatic heterocycles. The molecule has 0 fully saturated rings. The summed E-state index contributed by atoms with van der Waals surface area (Å²) >= 11 is 0. The summed E-state index contributed by atoms with van der Waals surface area (Å²) in [6, 6.07) is 0. The van der Waals surface area contributed by atoms with Crippen molar-refractivity contribution < 1.29 is 23.7 Å². The minimum absolute atomic E-state index is 0.0516. The highest BCUT2D eigenvalue weighted by atomic mass is 16.5. The molecule has 22 heavy (non-hydrogen) atoms. The molecule has 1 amide bonds. The molecule has 6 heteroatoms. The van der Waals surface area contributed by atoms with E-state index in [1.165, 1.54) is 0 Å². The van der Waals surface area contributed by atoms with Gasteiger partial charge in [-0.25, -0.2) is 0 Å². The standard InChI is InChI=1S/C16H27NO5/c1-19-11-13-21-9-7-17(8-10-22-14-12-20-2)16(18)15-5-3-4-6-15/h3-5H,6-14H2,1-2H3. The van der Waals surface area contributed by atoms with Crippen molar-refractivity contribution in [2.24, 2.45) is 0 Å². The Morgan fingerprint density at radius 2 is 1.59 bits per heavy atom. The maximum absolute atomic E-state index is 12.4. The van der Waals surface area contributed by atoms with E-state index >= 15 is 0 Å². The molecule has 0 bridgehead atoms. The molecule has 0 radical (unpaired) electrons. The van der Waals surface area contributed by atoms with Crippen LogP contribution in [-0.4, -0.2) is 77.8 Å². The molecular weight excluding hydrogens is 286 g/mol. The molecule has 0 aromatic rings. The van der Waals surface area contributed by atoms with Gasteiger partial charge in [-0.15, -0.1) is 0 Å². The van der Waals surface area contributed by atoms with Gasteiger partial charge >= 0.3 is 0 Å². The third-order valence-corrected chi connectivity index (χ3v) is 3.21. The van der Waals surface area contributed by atoms with Gasteiger partial charge in [0.25, 0.3) is 0 Å². The van der Waals surface area contributed by atoms with Crippen LogP contribution in [0.1, 0.15) is 6.42 Å². The van der Waals surface area contributed by atoms with E-state index in [2.05, 4.69) is 0 Å². The van der Waals surface area contributed by atoms with Gasteiger partial charge in [-0.05, 0) is 6.42 Å². The first-order valence-corrected chi connectivity index (χ1v) is 7.58. The van der Waals surface area contributed by atoms with Gasteiger partial charge < -0.3 is 23.8 Å². The second kappa shape index (κ2) is 12.3. The second-order valence-corrected chi connectivity index (χ2v) is 4.83. The largest absolute Gasteiger partial charge is 0.382 e. The normalized spacial score (nSPS) is 13.5. The van der Waals surface area contributed by atoms with Crippen molar-refractivity contribution in [3.05, 3.63) is 23.8 Å². The zero-order valence-electron chi connectivity index (χ0n) is 13.6. The average molecular weight is 313 g/mol. The molecule has 0 spiro atoms. The van der Waals surface area contributed by atoms with Crippen LogP contribution in [0.15, 0.2) is 23.8 Å². The van der Waals surface area contributed by atoms with Crippen molar-refractivity contribution >= 4 is 5.91 Å². The van der Waals surface area contributed by atoms with E-state index in [0.29, 0.717) is 59.2 Å². The molecule has 126 valence electrons. The smallest absolute Gasteiger partial charge is 0.250 e. The molecule has 0 atom stereocenters. The Labute approximate surface area is 132 Å². The van der Waals surface area contributed by atoms with Gasteiger partial charge in [-0.1, -0.05) is 18.2 Å². The fraction of sp³-hybridized carbons (Fsp3) is 0.688. The Balaban J connectivity index is 2.33. The number of hydrogen-bond acceptors (Lipinski definition) is 5. The van der Waals surface area contributed by atoms with Crippen LogP contribution in [0, 0.1) is 0 Å². The number of ether oxygens (including phenoxy) is 4. The number of carbonyl (C=O) groups is 1. The molecule has 0 saturated carbocycles. The quantitative estimate of drug-likeness (QED) is 0.475. The summed E-state index contributed by atoms with van der Waals surface area (Å²) in [5.74, 6) is 0.0516. The Morgan fingerprint density at radius 3 is 2.05 bits per heavy atom. The minimum atomic E-state index is 0.0516. The van der Waals surface area contributed by atoms with E-state index in [-0.39, 0.29) is 5.91 Å². The number of nitrogens with zero attached hydrogens (tertiary/aromatic N) is 1. The number of amides is 1. The highest BCUT2D eigenvalue weighted by Gasteiger charge is 2.18. The number of allylic oxidation sites excluding steroid dienone is 3. The Hall–Kier alpha value is -1.21. The van der Waals surface area contributed by atoms with Gasteiger partial charge in [-0.2, -0.15) is 0 Å². The maximum Gasteiger partial charge on any atom is 0.250 e. The lowest BCUT2D eigenvalue weighted by Crippen LogP contribution is -2.37. The molecule has 1 rings (SSSR count). The zero-order valence-corrected chi connectivity index (χ0v) is 13.6. The number of methoxy groups -OCH3 is 2. The van der Waals surface area contributed by atoms with E-state index in [1.54, 1.807) is 19.1 Å². The van der Waals surface area contributed by atoms with Gasteiger partial charge in [0.1, 0.15) is 0 Å². The zero-order chi connectivity index (χ0) is 16.0. The SMILES string of the molecule is COCCOCCN(CCOCCOC)C(=O)C1=CC=CC1. The summed E-state index contributed by atoms with van der Waals surface area (Å²) in [4.78, 5) is 14.2. The minimum Gasteiger partial charge on any atom is -0.382 e. The highest BCUT2D eigenvalue weighted by Crippen LogP contribution is 2.13. The summed E-state index contributed by atoms with van der Waals surface area (Å²) in [6.45, 7) is 4.27. The third kappa shape index (κ3) is 7.70. The van der Waals surface area contributed by atoms with Gasteiger partial charge in [0, 0.05) is 32.9 Å². The van der Waals surface area contributed by atoms with Gasteiger partial charge in [0.05, 0.1) is 39.6 Å². The van der Waals surface area contributed by atoms with Gasteiger partial charge in [-0.3, -0.25) is 4.79 Å². The van der Waals surface area contributed by atoms with Crippen LogP contribution >= 0.6 is 0 Å². The maximum atomic E-state index is 12.4. The first kappa shape index (κ1) is 18.8. The van der Waals surface area contributed by atoms with Crippen molar-refractivity contribution in [1.82, 2.24) is 4.90 Å². The number of rotatable bonds is 13. The summed E-state index contributed by atoms with van der Waals surface area (Å²) in [5, 5.41) is 0. The Morgan fingerprint density at radius 1 is 1.00 bits per heavy atom. The van der Waals surface area contributed by atoms with E-state index < -0.39 is 0 Å². The lowest BCUT2D eigenvalue weighted by molar-refractivity contribution is -0.128. The van der Waals surface area contributed by atoms with Crippen LogP contribution in [0.25, 0.3) is 0 Å². The summed E-state index contributed by atoms with van der Waals surface area (Å²) in [6.07, 6.45) is 6.46. The van der Waals surface area contributed by atoms with Crippen molar-refractivity contribution in [3.63, 3.8) is 0 Å². The number of carbonyl (C=O) groups excluding carboxylic acids is 1. The molecule has 1 aliphatic rings. The van der Waals surface area contributed by atoms with E-state index in [4.69, 9.17) is 18.9 Å². The molecular formula is C16H27NO5. The van der Waals surface area contributed by atoms with E-state index in [0.717, 1.165) is 5.57 Å².